The molecule has 48 heavy (non-hydrogen) atoms. The Balaban J connectivity index is 0.00000260. The number of allylic oxidation sites excluding steroid dienone is 4. The fraction of sp³-hybridized carbons (Fsp3) is 0.356. The average molecular weight is 755 g/mol. The zero-order valence-electron chi connectivity index (χ0n) is 30.7. The predicted octanol–water partition coefficient (Wildman–Crippen LogP) is 6.13. The Labute approximate surface area is 311 Å². The van der Waals surface area contributed by atoms with Crippen molar-refractivity contribution in [3.8, 4) is 11.1 Å². The van der Waals surface area contributed by atoms with Crippen molar-refractivity contribution in [2.45, 2.75) is 96.0 Å². The number of benzene rings is 4. The van der Waals surface area contributed by atoms with Crippen LogP contribution in [0.1, 0.15) is 119 Å². The molecule has 4 aromatic carbocycles. The van der Waals surface area contributed by atoms with Crippen LogP contribution in [0.5, 0.6) is 0 Å². The molecule has 0 aromatic heterocycles. The first-order valence-electron chi connectivity index (χ1n) is 17.1. The van der Waals surface area contributed by atoms with Gasteiger partial charge in [-0.05, 0) is 0 Å². The van der Waals surface area contributed by atoms with Crippen LogP contribution in [0.4, 0.5) is 0 Å². The van der Waals surface area contributed by atoms with E-state index in [9.17, 15) is 0 Å². The molecule has 0 saturated carbocycles. The standard InChI is InChI=1S/C21H25.C13H13.C11H14.2ClH.Zr/c1-20(2,3)16-7-9-18-14(12-16)11-15-13-17(21(4,5)6)8-10-19(15)18;1-10-8-11(2)13(9-10)12-6-4-3-5-7-12;1-9-5-7-10(8-6-9)11(2,3)4;;;/h7-13H,1-6H3;3-7,9-10H,1-2H3;1,5-8H,2-4H3;2*1H;/q;;;;;+2/p-2. The second kappa shape index (κ2) is 14.1. The predicted molar refractivity (Wildman–Crippen MR) is 198 cm³/mol. The Morgan fingerprint density at radius 1 is 0.583 bits per heavy atom. The topological polar surface area (TPSA) is 0 Å². The summed E-state index contributed by atoms with van der Waals surface area (Å²) in [5.41, 5.74) is 16.3. The van der Waals surface area contributed by atoms with Crippen molar-refractivity contribution >= 4 is 9.28 Å². The summed E-state index contributed by atoms with van der Waals surface area (Å²) in [5, 5.41) is 0. The summed E-state index contributed by atoms with van der Waals surface area (Å²) in [6, 6.07) is 35.4. The molecule has 2 aliphatic rings. The maximum atomic E-state index is 2.79. The number of fused-ring (bicyclic) bond motifs is 3. The van der Waals surface area contributed by atoms with Gasteiger partial charge in [0.2, 0.25) is 0 Å². The third kappa shape index (κ3) is 7.41. The summed E-state index contributed by atoms with van der Waals surface area (Å²) in [6.07, 6.45) is 2.56. The van der Waals surface area contributed by atoms with Crippen LogP contribution in [0, 0.1) is 5.92 Å². The molecule has 0 nitrogen and oxygen atoms in total. The molecule has 0 fully saturated rings. The van der Waals surface area contributed by atoms with Gasteiger partial charge in [0.1, 0.15) is 0 Å². The van der Waals surface area contributed by atoms with Gasteiger partial charge >= 0.3 is 288 Å². The molecule has 6 rings (SSSR count). The van der Waals surface area contributed by atoms with Gasteiger partial charge in [-0.2, -0.15) is 0 Å². The molecule has 0 aliphatic heterocycles. The van der Waals surface area contributed by atoms with Crippen LogP contribution in [0.15, 0.2) is 106 Å². The van der Waals surface area contributed by atoms with Crippen molar-refractivity contribution in [2.75, 3.05) is 0 Å². The van der Waals surface area contributed by atoms with Crippen LogP contribution in [0.3, 0.4) is 0 Å². The van der Waals surface area contributed by atoms with Crippen molar-refractivity contribution in [3.63, 3.8) is 0 Å². The first-order chi connectivity index (χ1) is 21.5. The van der Waals surface area contributed by atoms with Crippen molar-refractivity contribution in [1.29, 1.82) is 0 Å². The fourth-order valence-electron chi connectivity index (χ4n) is 7.46. The van der Waals surface area contributed by atoms with Gasteiger partial charge in [0, 0.05) is 0 Å². The van der Waals surface area contributed by atoms with Crippen molar-refractivity contribution < 1.29 is 46.1 Å². The number of halogens is 2. The Kier molecular flexibility index (Phi) is 11.3. The summed E-state index contributed by atoms with van der Waals surface area (Å²) >= 11 is -2.67. The first-order valence-corrected chi connectivity index (χ1v) is 21.2. The minimum absolute atomic E-state index is 0. The van der Waals surface area contributed by atoms with E-state index in [1.54, 1.807) is 14.4 Å². The van der Waals surface area contributed by atoms with E-state index in [2.05, 4.69) is 177 Å². The molecule has 2 aliphatic carbocycles. The van der Waals surface area contributed by atoms with Crippen LogP contribution < -0.4 is 24.8 Å². The SMILES string of the molecule is CC1=[C](/[Zr+2](=[CH]\c2ccc(C(C)(C)C)cc2)[CH]2c3cc(C(C)(C)C)ccc3-c3ccc(C(C)(C)C)cc32)C(C)C=C1c1ccccc1.[Cl-].[Cl-]. The quantitative estimate of drug-likeness (QED) is 0.235. The van der Waals surface area contributed by atoms with E-state index in [-0.39, 0.29) is 41.1 Å². The molecule has 0 saturated heterocycles. The van der Waals surface area contributed by atoms with E-state index in [0.29, 0.717) is 9.54 Å². The minimum Gasteiger partial charge on any atom is -1.00 e. The third-order valence-electron chi connectivity index (χ3n) is 10.2. The van der Waals surface area contributed by atoms with Gasteiger partial charge in [0.05, 0.1) is 0 Å². The van der Waals surface area contributed by atoms with Crippen LogP contribution >= 0.6 is 0 Å². The summed E-state index contributed by atoms with van der Waals surface area (Å²) < 4.78 is 4.96. The molecule has 250 valence electrons. The van der Waals surface area contributed by atoms with Crippen LogP contribution in [0.2, 0.25) is 0 Å². The van der Waals surface area contributed by atoms with Gasteiger partial charge in [-0.25, -0.2) is 0 Å². The van der Waals surface area contributed by atoms with Crippen molar-refractivity contribution in [1.82, 2.24) is 0 Å². The molecular weight excluding hydrogens is 703 g/mol. The second-order valence-electron chi connectivity index (χ2n) is 16.8. The van der Waals surface area contributed by atoms with E-state index in [0.717, 1.165) is 0 Å². The molecular formula is C45H52Cl2Zr. The van der Waals surface area contributed by atoms with E-state index in [1.165, 1.54) is 50.1 Å². The van der Waals surface area contributed by atoms with Crippen molar-refractivity contribution in [2.24, 2.45) is 5.92 Å². The zero-order chi connectivity index (χ0) is 33.2. The van der Waals surface area contributed by atoms with E-state index >= 15 is 0 Å². The molecule has 0 heterocycles. The second-order valence-corrected chi connectivity index (χ2v) is 22.5. The molecule has 0 amide bonds. The largest absolute Gasteiger partial charge is 1.00 e. The molecule has 1 atom stereocenters. The van der Waals surface area contributed by atoms with Gasteiger partial charge in [-0.15, -0.1) is 0 Å². The zero-order valence-corrected chi connectivity index (χ0v) is 34.7. The van der Waals surface area contributed by atoms with E-state index < -0.39 is 21.3 Å². The molecule has 3 heteroatoms. The normalized spacial score (nSPS) is 16.2. The summed E-state index contributed by atoms with van der Waals surface area (Å²) in [7, 11) is 0. The summed E-state index contributed by atoms with van der Waals surface area (Å²) in [6.45, 7) is 25.9. The van der Waals surface area contributed by atoms with Crippen LogP contribution in [0.25, 0.3) is 16.7 Å². The molecule has 0 spiro atoms. The Morgan fingerprint density at radius 3 is 1.50 bits per heavy atom. The van der Waals surface area contributed by atoms with Gasteiger partial charge in [0.25, 0.3) is 0 Å². The van der Waals surface area contributed by atoms with E-state index in [4.69, 9.17) is 0 Å². The molecule has 0 radical (unpaired) electrons. The molecule has 0 N–H and O–H groups in total. The molecule has 0 bridgehead atoms. The maximum Gasteiger partial charge on any atom is -1.00 e. The monoisotopic (exact) mass is 752 g/mol. The Bertz CT molecular complexity index is 1820. The van der Waals surface area contributed by atoms with Gasteiger partial charge in [-0.3, -0.25) is 0 Å². The molecule has 1 unspecified atom stereocenters. The van der Waals surface area contributed by atoms with Crippen LogP contribution in [-0.2, 0) is 37.5 Å². The number of hydrogen-bond acceptors (Lipinski definition) is 0. The van der Waals surface area contributed by atoms with Crippen molar-refractivity contribution in [3.05, 3.63) is 145 Å². The minimum atomic E-state index is -2.67. The van der Waals surface area contributed by atoms with Crippen LogP contribution in [-0.4, -0.2) is 3.71 Å². The van der Waals surface area contributed by atoms with Gasteiger partial charge in [-0.1, -0.05) is 0 Å². The van der Waals surface area contributed by atoms with E-state index in [1.807, 2.05) is 0 Å². The molecule has 4 aromatic rings. The Hall–Kier alpha value is -2.31. The number of hydrogen-bond donors (Lipinski definition) is 0. The maximum absolute atomic E-state index is 2.79. The van der Waals surface area contributed by atoms with Gasteiger partial charge in [0.15, 0.2) is 0 Å². The summed E-state index contributed by atoms with van der Waals surface area (Å²) in [5.74, 6) is 0.429. The third-order valence-corrected chi connectivity index (χ3v) is 18.4. The fourth-order valence-corrected chi connectivity index (χ4v) is 16.1. The summed E-state index contributed by atoms with van der Waals surface area (Å²) in [4.78, 5) is 0. The first kappa shape index (κ1) is 38.5. The number of rotatable bonds is 4. The average Bonchev–Trinajstić information content (AvgIpc) is 3.47. The smallest absolute Gasteiger partial charge is 1.00 e. The van der Waals surface area contributed by atoms with Gasteiger partial charge < -0.3 is 24.8 Å². The Morgan fingerprint density at radius 2 is 1.04 bits per heavy atom.